The fourth-order valence-corrected chi connectivity index (χ4v) is 0.797. The zero-order valence-corrected chi connectivity index (χ0v) is 7.86. The van der Waals surface area contributed by atoms with Crippen molar-refractivity contribution in [3.05, 3.63) is 23.0 Å². The first-order chi connectivity index (χ1) is 5.57. The Hall–Kier alpha value is -0.920. The van der Waals surface area contributed by atoms with Crippen molar-refractivity contribution in [3.8, 4) is 0 Å². The standard InChI is InChI=1S/C10H15FO/c1-8(2)5-4-6-9(3)10(11)7-12/h5,7H,4,6H2,1-3H3. The zero-order valence-electron chi connectivity index (χ0n) is 7.86. The van der Waals surface area contributed by atoms with Crippen LogP contribution in [0.25, 0.3) is 0 Å². The van der Waals surface area contributed by atoms with Crippen molar-refractivity contribution in [2.75, 3.05) is 0 Å². The van der Waals surface area contributed by atoms with Gasteiger partial charge in [-0.05, 0) is 39.2 Å². The van der Waals surface area contributed by atoms with Crippen LogP contribution in [0, 0.1) is 0 Å². The van der Waals surface area contributed by atoms with Crippen molar-refractivity contribution in [2.24, 2.45) is 0 Å². The quantitative estimate of drug-likeness (QED) is 0.360. The van der Waals surface area contributed by atoms with Crippen LogP contribution in [0.15, 0.2) is 23.0 Å². The van der Waals surface area contributed by atoms with Gasteiger partial charge in [0.1, 0.15) is 0 Å². The Balaban J connectivity index is 3.95. The second-order valence-corrected chi connectivity index (χ2v) is 3.07. The third-order valence-corrected chi connectivity index (χ3v) is 1.58. The van der Waals surface area contributed by atoms with Gasteiger partial charge in [0.15, 0.2) is 12.1 Å². The van der Waals surface area contributed by atoms with Crippen LogP contribution in [0.2, 0.25) is 0 Å². The molecule has 0 atom stereocenters. The van der Waals surface area contributed by atoms with Crippen molar-refractivity contribution in [1.82, 2.24) is 0 Å². The van der Waals surface area contributed by atoms with Gasteiger partial charge in [0.05, 0.1) is 0 Å². The van der Waals surface area contributed by atoms with E-state index in [9.17, 15) is 9.18 Å². The van der Waals surface area contributed by atoms with E-state index >= 15 is 0 Å². The van der Waals surface area contributed by atoms with Gasteiger partial charge in [0, 0.05) is 0 Å². The lowest BCUT2D eigenvalue weighted by atomic mass is 10.1. The molecule has 0 aromatic rings. The second-order valence-electron chi connectivity index (χ2n) is 3.07. The molecule has 0 heterocycles. The summed E-state index contributed by atoms with van der Waals surface area (Å²) in [5.74, 6) is -0.628. The number of carbonyl (C=O) groups excluding carboxylic acids is 1. The molecular weight excluding hydrogens is 155 g/mol. The topological polar surface area (TPSA) is 17.1 Å². The largest absolute Gasteiger partial charge is 0.295 e. The fraction of sp³-hybridized carbons (Fsp3) is 0.500. The summed E-state index contributed by atoms with van der Waals surface area (Å²) < 4.78 is 12.5. The number of aldehydes is 1. The molecule has 0 spiro atoms. The Kier molecular flexibility index (Phi) is 5.26. The minimum atomic E-state index is -0.628. The van der Waals surface area contributed by atoms with Crippen molar-refractivity contribution >= 4 is 6.29 Å². The van der Waals surface area contributed by atoms with Gasteiger partial charge >= 0.3 is 0 Å². The van der Waals surface area contributed by atoms with Crippen LogP contribution < -0.4 is 0 Å². The molecule has 2 heteroatoms. The Morgan fingerprint density at radius 3 is 2.33 bits per heavy atom. The van der Waals surface area contributed by atoms with Gasteiger partial charge in [-0.3, -0.25) is 4.79 Å². The number of hydrogen-bond acceptors (Lipinski definition) is 1. The SMILES string of the molecule is CC(C)=CCCC(C)=C(F)C=O. The first-order valence-corrected chi connectivity index (χ1v) is 4.01. The summed E-state index contributed by atoms with van der Waals surface area (Å²) in [6, 6.07) is 0. The molecule has 0 fully saturated rings. The summed E-state index contributed by atoms with van der Waals surface area (Å²) in [6.07, 6.45) is 3.71. The zero-order chi connectivity index (χ0) is 9.56. The van der Waals surface area contributed by atoms with E-state index in [1.165, 1.54) is 5.57 Å². The van der Waals surface area contributed by atoms with Crippen LogP contribution >= 0.6 is 0 Å². The molecule has 0 aromatic heterocycles. The summed E-state index contributed by atoms with van der Waals surface area (Å²) in [6.45, 7) is 5.63. The van der Waals surface area contributed by atoms with Gasteiger partial charge in [-0.2, -0.15) is 0 Å². The van der Waals surface area contributed by atoms with Crippen LogP contribution in [-0.4, -0.2) is 6.29 Å². The summed E-state index contributed by atoms with van der Waals surface area (Å²) >= 11 is 0. The number of halogens is 1. The van der Waals surface area contributed by atoms with E-state index in [0.717, 1.165) is 6.42 Å². The van der Waals surface area contributed by atoms with E-state index < -0.39 is 5.83 Å². The van der Waals surface area contributed by atoms with Gasteiger partial charge in [-0.1, -0.05) is 11.6 Å². The molecular formula is C10H15FO. The van der Waals surface area contributed by atoms with Crippen LogP contribution in [-0.2, 0) is 4.79 Å². The number of hydrogen-bond donors (Lipinski definition) is 0. The van der Waals surface area contributed by atoms with Crippen molar-refractivity contribution in [2.45, 2.75) is 33.6 Å². The third-order valence-electron chi connectivity index (χ3n) is 1.58. The average Bonchev–Trinajstić information content (AvgIpc) is 2.02. The molecule has 0 aliphatic heterocycles. The van der Waals surface area contributed by atoms with Crippen LogP contribution in [0.3, 0.4) is 0 Å². The lowest BCUT2D eigenvalue weighted by Gasteiger charge is -1.97. The van der Waals surface area contributed by atoms with Crippen molar-refractivity contribution < 1.29 is 9.18 Å². The first kappa shape index (κ1) is 11.1. The van der Waals surface area contributed by atoms with Crippen LogP contribution in [0.5, 0.6) is 0 Å². The molecule has 12 heavy (non-hydrogen) atoms. The van der Waals surface area contributed by atoms with Gasteiger partial charge < -0.3 is 0 Å². The van der Waals surface area contributed by atoms with E-state index in [4.69, 9.17) is 0 Å². The first-order valence-electron chi connectivity index (χ1n) is 4.01. The normalized spacial score (nSPS) is 12.0. The molecule has 0 amide bonds. The number of carbonyl (C=O) groups is 1. The summed E-state index contributed by atoms with van der Waals surface area (Å²) in [5, 5.41) is 0. The lowest BCUT2D eigenvalue weighted by molar-refractivity contribution is -0.106. The fourth-order valence-electron chi connectivity index (χ4n) is 0.797. The maximum absolute atomic E-state index is 12.5. The highest BCUT2D eigenvalue weighted by Gasteiger charge is 1.97. The number of rotatable bonds is 4. The molecule has 0 rings (SSSR count). The molecule has 0 saturated carbocycles. The summed E-state index contributed by atoms with van der Waals surface area (Å²) in [7, 11) is 0. The highest BCUT2D eigenvalue weighted by atomic mass is 19.1. The monoisotopic (exact) mass is 170 g/mol. The van der Waals surface area contributed by atoms with Gasteiger partial charge in [0.2, 0.25) is 0 Å². The van der Waals surface area contributed by atoms with Gasteiger partial charge in [-0.25, -0.2) is 4.39 Å². The Morgan fingerprint density at radius 2 is 1.92 bits per heavy atom. The highest BCUT2D eigenvalue weighted by molar-refractivity contribution is 5.70. The van der Waals surface area contributed by atoms with Crippen LogP contribution in [0.1, 0.15) is 33.6 Å². The van der Waals surface area contributed by atoms with E-state index in [2.05, 4.69) is 0 Å². The molecule has 0 saturated heterocycles. The minimum absolute atomic E-state index is 0.262. The Labute approximate surface area is 73.0 Å². The van der Waals surface area contributed by atoms with Crippen LogP contribution in [0.4, 0.5) is 4.39 Å². The molecule has 1 nitrogen and oxygen atoms in total. The van der Waals surface area contributed by atoms with Gasteiger partial charge in [-0.15, -0.1) is 0 Å². The van der Waals surface area contributed by atoms with Crippen molar-refractivity contribution in [3.63, 3.8) is 0 Å². The van der Waals surface area contributed by atoms with E-state index in [0.29, 0.717) is 12.0 Å². The molecule has 0 unspecified atom stereocenters. The van der Waals surface area contributed by atoms with E-state index in [-0.39, 0.29) is 6.29 Å². The number of allylic oxidation sites excluding steroid dienone is 4. The Bertz CT molecular complexity index is 210. The molecule has 0 aliphatic carbocycles. The smallest absolute Gasteiger partial charge is 0.178 e. The van der Waals surface area contributed by atoms with E-state index in [1.807, 2.05) is 19.9 Å². The predicted octanol–water partition coefficient (Wildman–Crippen LogP) is 3.18. The minimum Gasteiger partial charge on any atom is -0.295 e. The third kappa shape index (κ3) is 4.83. The maximum Gasteiger partial charge on any atom is 0.178 e. The maximum atomic E-state index is 12.5. The molecule has 0 radical (unpaired) electrons. The van der Waals surface area contributed by atoms with Crippen molar-refractivity contribution in [1.29, 1.82) is 0 Å². The summed E-state index contributed by atoms with van der Waals surface area (Å²) in [5.41, 5.74) is 1.75. The average molecular weight is 170 g/mol. The molecule has 0 N–H and O–H groups in total. The lowest BCUT2D eigenvalue weighted by Crippen LogP contribution is -1.83. The van der Waals surface area contributed by atoms with E-state index in [1.54, 1.807) is 6.92 Å². The molecule has 68 valence electrons. The van der Waals surface area contributed by atoms with Gasteiger partial charge in [0.25, 0.3) is 0 Å². The predicted molar refractivity (Wildman–Crippen MR) is 48.5 cm³/mol. The molecule has 0 aliphatic rings. The highest BCUT2D eigenvalue weighted by Crippen LogP contribution is 2.11. The summed E-state index contributed by atoms with van der Waals surface area (Å²) in [4.78, 5) is 10.00. The molecule has 0 aromatic carbocycles. The second kappa shape index (κ2) is 5.70. The Morgan fingerprint density at radius 1 is 1.33 bits per heavy atom. The molecule has 0 bridgehead atoms.